The molecule has 0 heterocycles. The highest BCUT2D eigenvalue weighted by molar-refractivity contribution is 7.47. The highest BCUT2D eigenvalue weighted by atomic mass is 31.2. The number of phosphoric ester groups is 1. The van der Waals surface area contributed by atoms with E-state index in [-0.39, 0.29) is 38.6 Å². The van der Waals surface area contributed by atoms with Crippen LogP contribution in [0.25, 0.3) is 0 Å². The molecule has 0 saturated heterocycles. The van der Waals surface area contributed by atoms with Gasteiger partial charge in [0.25, 0.3) is 0 Å². The second-order valence-corrected chi connectivity index (χ2v) is 24.8. The SMILES string of the molecule is CC/C=C\C/C=C\C/C=C\C/C=C\C/C=C\CCCCCCCCCCCCCCCCCCCCCCCC(=O)OC(COC(=O)CCCCCCCCCCCCCCC/C=C\C/C=C\CCCCCCC)COP(=O)(O)OCCN. The Morgan fingerprint density at radius 1 is 0.373 bits per heavy atom. The molecule has 0 aliphatic rings. The van der Waals surface area contributed by atoms with Crippen molar-refractivity contribution in [3.8, 4) is 0 Å². The molecule has 0 aliphatic carbocycles. The van der Waals surface area contributed by atoms with Crippen molar-refractivity contribution < 1.29 is 37.6 Å². The lowest BCUT2D eigenvalue weighted by Crippen LogP contribution is -2.29. The van der Waals surface area contributed by atoms with Gasteiger partial charge in [0.05, 0.1) is 13.2 Å². The molecule has 2 unspecified atom stereocenters. The first-order chi connectivity index (χ1) is 40.8. The molecule has 0 rings (SSSR count). The molecule has 0 bridgehead atoms. The van der Waals surface area contributed by atoms with Crippen LogP contribution in [0.5, 0.6) is 0 Å². The number of phosphoric acid groups is 1. The molecule has 0 aromatic rings. The molecule has 0 saturated carbocycles. The highest BCUT2D eigenvalue weighted by Gasteiger charge is 2.26. The average Bonchev–Trinajstić information content (AvgIpc) is 3.49. The number of unbranched alkanes of at least 4 members (excludes halogenated alkanes) is 39. The van der Waals surface area contributed by atoms with Gasteiger partial charge in [-0.15, -0.1) is 0 Å². The Balaban J connectivity index is 3.83. The largest absolute Gasteiger partial charge is 0.472 e. The summed E-state index contributed by atoms with van der Waals surface area (Å²) in [4.78, 5) is 35.4. The van der Waals surface area contributed by atoms with Gasteiger partial charge in [0.2, 0.25) is 0 Å². The number of esters is 2. The maximum Gasteiger partial charge on any atom is 0.472 e. The summed E-state index contributed by atoms with van der Waals surface area (Å²) in [6.07, 6.45) is 91.1. The van der Waals surface area contributed by atoms with Crippen molar-refractivity contribution in [2.45, 2.75) is 341 Å². The van der Waals surface area contributed by atoms with Crippen LogP contribution in [0.2, 0.25) is 0 Å². The summed E-state index contributed by atoms with van der Waals surface area (Å²) in [5.74, 6) is -0.814. The lowest BCUT2D eigenvalue weighted by atomic mass is 10.0. The van der Waals surface area contributed by atoms with Crippen molar-refractivity contribution in [3.63, 3.8) is 0 Å². The minimum absolute atomic E-state index is 0.0530. The molecule has 0 aromatic carbocycles. The summed E-state index contributed by atoms with van der Waals surface area (Å²) >= 11 is 0. The van der Waals surface area contributed by atoms with Gasteiger partial charge in [-0.3, -0.25) is 18.6 Å². The molecule has 9 nitrogen and oxygen atoms in total. The first kappa shape index (κ1) is 80.2. The zero-order valence-electron chi connectivity index (χ0n) is 54.2. The average molecular weight is 1180 g/mol. The summed E-state index contributed by atoms with van der Waals surface area (Å²) in [6, 6.07) is 0. The predicted molar refractivity (Wildman–Crippen MR) is 358 cm³/mol. The number of allylic oxidation sites excluding steroid dienone is 14. The third-order valence-corrected chi connectivity index (χ3v) is 16.2. The summed E-state index contributed by atoms with van der Waals surface area (Å²) in [5.41, 5.74) is 5.40. The Kier molecular flexibility index (Phi) is 66.0. The normalized spacial score (nSPS) is 13.4. The molecule has 10 heteroatoms. The number of carbonyl (C=O) groups is 2. The van der Waals surface area contributed by atoms with Gasteiger partial charge >= 0.3 is 19.8 Å². The first-order valence-corrected chi connectivity index (χ1v) is 36.6. The Morgan fingerprint density at radius 3 is 0.988 bits per heavy atom. The zero-order chi connectivity index (χ0) is 60.1. The Labute approximate surface area is 513 Å². The molecule has 0 fully saturated rings. The molecule has 482 valence electrons. The molecule has 0 amide bonds. The van der Waals surface area contributed by atoms with Crippen LogP contribution in [0.1, 0.15) is 335 Å². The van der Waals surface area contributed by atoms with E-state index in [9.17, 15) is 19.0 Å². The Hall–Kier alpha value is -2.81. The van der Waals surface area contributed by atoms with E-state index in [0.717, 1.165) is 70.6 Å². The molecular formula is C73H132NO8P. The lowest BCUT2D eigenvalue weighted by Gasteiger charge is -2.19. The number of hydrogen-bond donors (Lipinski definition) is 2. The molecule has 2 atom stereocenters. The van der Waals surface area contributed by atoms with Crippen molar-refractivity contribution in [3.05, 3.63) is 85.1 Å². The number of carbonyl (C=O) groups excluding carboxylic acids is 2. The fourth-order valence-electron chi connectivity index (χ4n) is 10.1. The van der Waals surface area contributed by atoms with Gasteiger partial charge in [0.1, 0.15) is 6.61 Å². The van der Waals surface area contributed by atoms with E-state index in [1.54, 1.807) is 0 Å². The van der Waals surface area contributed by atoms with Crippen LogP contribution in [0.4, 0.5) is 0 Å². The Morgan fingerprint density at radius 2 is 0.663 bits per heavy atom. The van der Waals surface area contributed by atoms with Crippen molar-refractivity contribution >= 4 is 19.8 Å². The van der Waals surface area contributed by atoms with Crippen molar-refractivity contribution in [2.24, 2.45) is 5.73 Å². The van der Waals surface area contributed by atoms with Crippen molar-refractivity contribution in [1.29, 1.82) is 0 Å². The van der Waals surface area contributed by atoms with Crippen LogP contribution in [0, 0.1) is 0 Å². The molecule has 0 aromatic heterocycles. The van der Waals surface area contributed by atoms with Gasteiger partial charge in [0.15, 0.2) is 6.10 Å². The van der Waals surface area contributed by atoms with Gasteiger partial charge < -0.3 is 20.1 Å². The van der Waals surface area contributed by atoms with E-state index in [0.29, 0.717) is 6.42 Å². The maximum absolute atomic E-state index is 12.8. The van der Waals surface area contributed by atoms with Crippen LogP contribution < -0.4 is 5.73 Å². The van der Waals surface area contributed by atoms with Crippen LogP contribution in [-0.4, -0.2) is 49.3 Å². The van der Waals surface area contributed by atoms with Crippen molar-refractivity contribution in [2.75, 3.05) is 26.4 Å². The molecule has 0 radical (unpaired) electrons. The topological polar surface area (TPSA) is 134 Å². The zero-order valence-corrected chi connectivity index (χ0v) is 55.1. The first-order valence-electron chi connectivity index (χ1n) is 35.1. The van der Waals surface area contributed by atoms with E-state index in [1.165, 1.54) is 231 Å². The molecular weight excluding hydrogens is 1050 g/mol. The highest BCUT2D eigenvalue weighted by Crippen LogP contribution is 2.43. The second-order valence-electron chi connectivity index (χ2n) is 23.4. The molecule has 3 N–H and O–H groups in total. The standard InChI is InChI=1S/C73H132NO8P/c1-3-5-7-9-11-13-15-17-19-21-23-25-27-29-30-31-32-33-34-35-36-37-38-39-40-42-44-46-48-50-52-54-56-58-60-62-64-66-73(76)82-71(70-81-83(77,78)80-68-67-74)69-79-72(75)65-63-61-59-57-55-53-51-49-47-45-43-41-28-26-24-22-20-18-16-14-12-10-8-6-4-2/h5,7,11,13,16-19,22-25,29-30,71H,3-4,6,8-10,12,14-15,20-21,26-28,31-70,74H2,1-2H3,(H,77,78)/b7-5-,13-11-,18-16-,19-17-,24-22-,25-23-,30-29-. The summed E-state index contributed by atoms with van der Waals surface area (Å²) in [6.45, 7) is 3.67. The van der Waals surface area contributed by atoms with Gasteiger partial charge in [-0.25, -0.2) is 4.57 Å². The minimum Gasteiger partial charge on any atom is -0.462 e. The van der Waals surface area contributed by atoms with Crippen LogP contribution in [-0.2, 0) is 32.7 Å². The van der Waals surface area contributed by atoms with Crippen LogP contribution in [0.3, 0.4) is 0 Å². The quantitative estimate of drug-likeness (QED) is 0.0264. The number of ether oxygens (including phenoxy) is 2. The monoisotopic (exact) mass is 1180 g/mol. The summed E-state index contributed by atoms with van der Waals surface area (Å²) < 4.78 is 33.2. The van der Waals surface area contributed by atoms with E-state index in [1.807, 2.05) is 0 Å². The van der Waals surface area contributed by atoms with Gasteiger partial charge in [-0.05, 0) is 89.9 Å². The van der Waals surface area contributed by atoms with E-state index in [4.69, 9.17) is 24.3 Å². The predicted octanol–water partition coefficient (Wildman–Crippen LogP) is 23.0. The minimum atomic E-state index is -4.39. The summed E-state index contributed by atoms with van der Waals surface area (Å²) in [5, 5.41) is 0. The Bertz CT molecular complexity index is 1640. The second kappa shape index (κ2) is 68.3. The van der Waals surface area contributed by atoms with Gasteiger partial charge in [-0.2, -0.15) is 0 Å². The third kappa shape index (κ3) is 68.2. The number of rotatable bonds is 66. The fourth-order valence-corrected chi connectivity index (χ4v) is 10.9. The number of hydrogen-bond acceptors (Lipinski definition) is 8. The molecule has 0 spiro atoms. The smallest absolute Gasteiger partial charge is 0.462 e. The molecule has 83 heavy (non-hydrogen) atoms. The lowest BCUT2D eigenvalue weighted by molar-refractivity contribution is -0.161. The van der Waals surface area contributed by atoms with Gasteiger partial charge in [-0.1, -0.05) is 317 Å². The maximum atomic E-state index is 12.8. The van der Waals surface area contributed by atoms with E-state index < -0.39 is 26.5 Å². The van der Waals surface area contributed by atoms with Gasteiger partial charge in [0, 0.05) is 19.4 Å². The van der Waals surface area contributed by atoms with Crippen LogP contribution in [0.15, 0.2) is 85.1 Å². The van der Waals surface area contributed by atoms with E-state index in [2.05, 4.69) is 98.9 Å². The summed E-state index contributed by atoms with van der Waals surface area (Å²) in [7, 11) is -4.39. The number of nitrogens with two attached hydrogens (primary N) is 1. The fraction of sp³-hybridized carbons (Fsp3) is 0.781. The van der Waals surface area contributed by atoms with Crippen LogP contribution >= 0.6 is 7.82 Å². The molecule has 0 aliphatic heterocycles. The third-order valence-electron chi connectivity index (χ3n) is 15.3. The van der Waals surface area contributed by atoms with E-state index >= 15 is 0 Å². The van der Waals surface area contributed by atoms with Crippen molar-refractivity contribution in [1.82, 2.24) is 0 Å².